The van der Waals surface area contributed by atoms with Crippen molar-refractivity contribution >= 4 is 38.5 Å². The first-order valence-electron chi connectivity index (χ1n) is 6.93. The summed E-state index contributed by atoms with van der Waals surface area (Å²) in [7, 11) is 2.03. The summed E-state index contributed by atoms with van der Waals surface area (Å²) in [6, 6.07) is 13.7. The highest BCUT2D eigenvalue weighted by Crippen LogP contribution is 2.32. The number of hydrogen-bond acceptors (Lipinski definition) is 1. The Morgan fingerprint density at radius 1 is 1.10 bits per heavy atom. The van der Waals surface area contributed by atoms with Crippen LogP contribution < -0.4 is 5.32 Å². The lowest BCUT2D eigenvalue weighted by atomic mass is 9.96. The summed E-state index contributed by atoms with van der Waals surface area (Å²) in [5.74, 6) is 0. The van der Waals surface area contributed by atoms with Crippen molar-refractivity contribution < 1.29 is 0 Å². The third kappa shape index (κ3) is 2.81. The van der Waals surface area contributed by atoms with Gasteiger partial charge in [0.2, 0.25) is 0 Å². The zero-order valence-corrected chi connectivity index (χ0v) is 15.2. The van der Waals surface area contributed by atoms with Gasteiger partial charge in [-0.2, -0.15) is 0 Å². The van der Waals surface area contributed by atoms with Gasteiger partial charge in [-0.05, 0) is 89.4 Å². The lowest BCUT2D eigenvalue weighted by molar-refractivity contribution is 0.687. The predicted molar refractivity (Wildman–Crippen MR) is 96.2 cm³/mol. The normalized spacial score (nSPS) is 15.2. The van der Waals surface area contributed by atoms with E-state index in [1.165, 1.54) is 45.1 Å². The van der Waals surface area contributed by atoms with Crippen molar-refractivity contribution in [3.05, 3.63) is 66.7 Å². The Bertz CT molecular complexity index is 639. The molecule has 1 aliphatic carbocycles. The van der Waals surface area contributed by atoms with Crippen LogP contribution in [0.2, 0.25) is 0 Å². The quantitative estimate of drug-likeness (QED) is 0.671. The maximum absolute atomic E-state index is 3.69. The zero-order valence-electron chi connectivity index (χ0n) is 11.4. The highest BCUT2D eigenvalue weighted by Gasteiger charge is 2.18. The van der Waals surface area contributed by atoms with Gasteiger partial charge in [0.25, 0.3) is 0 Å². The van der Waals surface area contributed by atoms with Crippen LogP contribution in [0.15, 0.2) is 40.9 Å². The molecule has 1 unspecified atom stereocenters. The van der Waals surface area contributed by atoms with Gasteiger partial charge in [-0.15, -0.1) is 0 Å². The van der Waals surface area contributed by atoms with Crippen molar-refractivity contribution in [2.75, 3.05) is 7.05 Å². The molecule has 1 nitrogen and oxygen atoms in total. The molecule has 1 atom stereocenters. The zero-order chi connectivity index (χ0) is 14.1. The van der Waals surface area contributed by atoms with Crippen molar-refractivity contribution in [3.63, 3.8) is 0 Å². The molecule has 20 heavy (non-hydrogen) atoms. The molecule has 2 aromatic rings. The number of hydrogen-bond donors (Lipinski definition) is 1. The van der Waals surface area contributed by atoms with E-state index in [-0.39, 0.29) is 6.04 Å². The minimum atomic E-state index is 0.241. The molecule has 0 fully saturated rings. The van der Waals surface area contributed by atoms with E-state index in [2.05, 4.69) is 80.2 Å². The molecular weight excluding hydrogens is 425 g/mol. The Labute approximate surface area is 142 Å². The second-order valence-electron chi connectivity index (χ2n) is 5.27. The SMILES string of the molecule is CNC(c1ccc2c(c1)CCC2)c1cc(I)ccc1Br. The smallest absolute Gasteiger partial charge is 0.0585 e. The predicted octanol–water partition coefficient (Wildman–Crippen LogP) is 4.85. The first kappa shape index (κ1) is 14.5. The molecule has 0 aliphatic heterocycles. The van der Waals surface area contributed by atoms with E-state index < -0.39 is 0 Å². The Hall–Kier alpha value is -0.390. The first-order valence-corrected chi connectivity index (χ1v) is 8.80. The van der Waals surface area contributed by atoms with Crippen LogP contribution in [0.3, 0.4) is 0 Å². The highest BCUT2D eigenvalue weighted by atomic mass is 127. The lowest BCUT2D eigenvalue weighted by Gasteiger charge is -2.20. The molecule has 1 N–H and O–H groups in total. The fourth-order valence-electron chi connectivity index (χ4n) is 3.01. The number of fused-ring (bicyclic) bond motifs is 1. The van der Waals surface area contributed by atoms with Crippen LogP contribution in [-0.2, 0) is 12.8 Å². The van der Waals surface area contributed by atoms with Crippen LogP contribution in [-0.4, -0.2) is 7.05 Å². The topological polar surface area (TPSA) is 12.0 Å². The van der Waals surface area contributed by atoms with E-state index in [9.17, 15) is 0 Å². The Kier molecular flexibility index (Phi) is 4.48. The number of nitrogens with one attached hydrogen (secondary N) is 1. The Balaban J connectivity index is 2.03. The Morgan fingerprint density at radius 3 is 2.70 bits per heavy atom. The van der Waals surface area contributed by atoms with Gasteiger partial charge in [0.05, 0.1) is 6.04 Å². The lowest BCUT2D eigenvalue weighted by Crippen LogP contribution is -2.18. The average Bonchev–Trinajstić information content (AvgIpc) is 2.91. The average molecular weight is 442 g/mol. The molecule has 0 heterocycles. The van der Waals surface area contributed by atoms with E-state index in [0.717, 1.165) is 4.47 Å². The van der Waals surface area contributed by atoms with E-state index in [1.54, 1.807) is 0 Å². The molecule has 0 radical (unpaired) electrons. The van der Waals surface area contributed by atoms with Crippen LogP contribution in [0.5, 0.6) is 0 Å². The van der Waals surface area contributed by atoms with E-state index >= 15 is 0 Å². The van der Waals surface area contributed by atoms with Crippen LogP contribution in [0.4, 0.5) is 0 Å². The second kappa shape index (κ2) is 6.16. The molecule has 3 rings (SSSR count). The van der Waals surface area contributed by atoms with E-state index in [4.69, 9.17) is 0 Å². The van der Waals surface area contributed by atoms with Gasteiger partial charge in [-0.25, -0.2) is 0 Å². The van der Waals surface area contributed by atoms with Crippen molar-refractivity contribution in [1.29, 1.82) is 0 Å². The number of rotatable bonds is 3. The van der Waals surface area contributed by atoms with Gasteiger partial charge in [-0.1, -0.05) is 34.1 Å². The van der Waals surface area contributed by atoms with Gasteiger partial charge in [-0.3, -0.25) is 0 Å². The molecule has 0 aromatic heterocycles. The number of benzene rings is 2. The van der Waals surface area contributed by atoms with Crippen molar-refractivity contribution in [2.45, 2.75) is 25.3 Å². The minimum absolute atomic E-state index is 0.241. The summed E-state index contributed by atoms with van der Waals surface area (Å²) in [6.07, 6.45) is 3.77. The van der Waals surface area contributed by atoms with Crippen LogP contribution >= 0.6 is 38.5 Å². The summed E-state index contributed by atoms with van der Waals surface area (Å²) >= 11 is 6.06. The molecule has 1 aliphatic rings. The summed E-state index contributed by atoms with van der Waals surface area (Å²) in [5.41, 5.74) is 5.73. The molecule has 0 saturated heterocycles. The van der Waals surface area contributed by atoms with Crippen LogP contribution in [0.25, 0.3) is 0 Å². The molecule has 3 heteroatoms. The second-order valence-corrected chi connectivity index (χ2v) is 7.37. The Morgan fingerprint density at radius 2 is 1.90 bits per heavy atom. The monoisotopic (exact) mass is 441 g/mol. The minimum Gasteiger partial charge on any atom is -0.309 e. The maximum Gasteiger partial charge on any atom is 0.0585 e. The standard InChI is InChI=1S/C17H17BrIN/c1-20-17(15-10-14(19)7-8-16(15)18)13-6-5-11-3-2-4-12(11)9-13/h5-10,17,20H,2-4H2,1H3. The largest absolute Gasteiger partial charge is 0.309 e. The fraction of sp³-hybridized carbons (Fsp3) is 0.294. The first-order chi connectivity index (χ1) is 9.69. The van der Waals surface area contributed by atoms with Crippen molar-refractivity contribution in [3.8, 4) is 0 Å². The van der Waals surface area contributed by atoms with Gasteiger partial charge in [0.1, 0.15) is 0 Å². The maximum atomic E-state index is 3.69. The third-order valence-electron chi connectivity index (χ3n) is 4.01. The molecule has 0 spiro atoms. The number of halogens is 2. The van der Waals surface area contributed by atoms with Gasteiger partial charge < -0.3 is 5.32 Å². The van der Waals surface area contributed by atoms with Gasteiger partial charge in [0, 0.05) is 8.04 Å². The molecular formula is C17H17BrIN. The summed E-state index contributed by atoms with van der Waals surface area (Å²) in [4.78, 5) is 0. The van der Waals surface area contributed by atoms with Gasteiger partial charge >= 0.3 is 0 Å². The summed E-state index contributed by atoms with van der Waals surface area (Å²) in [6.45, 7) is 0. The highest BCUT2D eigenvalue weighted by molar-refractivity contribution is 14.1. The van der Waals surface area contributed by atoms with Crippen LogP contribution in [0.1, 0.15) is 34.7 Å². The molecule has 0 saturated carbocycles. The van der Waals surface area contributed by atoms with E-state index in [0.29, 0.717) is 0 Å². The molecule has 0 bridgehead atoms. The van der Waals surface area contributed by atoms with E-state index in [1.807, 2.05) is 7.05 Å². The molecule has 104 valence electrons. The number of aryl methyl sites for hydroxylation is 2. The van der Waals surface area contributed by atoms with Crippen LogP contribution in [0, 0.1) is 3.57 Å². The van der Waals surface area contributed by atoms with Crippen molar-refractivity contribution in [2.24, 2.45) is 0 Å². The fourth-order valence-corrected chi connectivity index (χ4v) is 4.00. The van der Waals surface area contributed by atoms with Crippen molar-refractivity contribution in [1.82, 2.24) is 5.32 Å². The third-order valence-corrected chi connectivity index (χ3v) is 5.41. The van der Waals surface area contributed by atoms with Gasteiger partial charge in [0.15, 0.2) is 0 Å². The summed E-state index contributed by atoms with van der Waals surface area (Å²) < 4.78 is 2.43. The molecule has 0 amide bonds. The molecule has 2 aromatic carbocycles. The summed E-state index contributed by atoms with van der Waals surface area (Å²) in [5, 5.41) is 3.46.